The Labute approximate surface area is 149 Å². The molecule has 138 valence electrons. The molecular formula is C19H28FN3O2. The quantitative estimate of drug-likeness (QED) is 0.791. The van der Waals surface area contributed by atoms with E-state index in [2.05, 4.69) is 0 Å². The van der Waals surface area contributed by atoms with E-state index in [1.807, 2.05) is 18.7 Å². The second-order valence-corrected chi connectivity index (χ2v) is 6.77. The molecule has 0 N–H and O–H groups in total. The number of hydrogen-bond acceptors (Lipinski definition) is 3. The molecule has 2 atom stereocenters. The van der Waals surface area contributed by atoms with Gasteiger partial charge in [0.2, 0.25) is 11.8 Å². The molecule has 0 bridgehead atoms. The van der Waals surface area contributed by atoms with Crippen LogP contribution in [0.4, 0.5) is 4.39 Å². The summed E-state index contributed by atoms with van der Waals surface area (Å²) in [7, 11) is 3.49. The zero-order chi connectivity index (χ0) is 18.6. The Morgan fingerprint density at radius 2 is 1.92 bits per heavy atom. The standard InChI is InChI=1S/C19H28FN3O2/c1-5-23(14(2)15-8-10-16(20)11-9-15)18(24)13-22-12-6-7-17(22)19(25)21(3)4/h8-11,14,17H,5-7,12-13H2,1-4H3. The lowest BCUT2D eigenvalue weighted by Gasteiger charge is -2.32. The average molecular weight is 349 g/mol. The SMILES string of the molecule is CCN(C(=O)CN1CCCC1C(=O)N(C)C)C(C)c1ccc(F)cc1. The average Bonchev–Trinajstić information content (AvgIpc) is 3.03. The fraction of sp³-hybridized carbons (Fsp3) is 0.579. The molecular weight excluding hydrogens is 321 g/mol. The normalized spacial score (nSPS) is 18.8. The van der Waals surface area contributed by atoms with Crippen LogP contribution in [0.1, 0.15) is 38.3 Å². The van der Waals surface area contributed by atoms with Crippen molar-refractivity contribution in [2.24, 2.45) is 0 Å². The second-order valence-electron chi connectivity index (χ2n) is 6.77. The third-order valence-electron chi connectivity index (χ3n) is 4.91. The molecule has 0 radical (unpaired) electrons. The summed E-state index contributed by atoms with van der Waals surface area (Å²) in [4.78, 5) is 30.5. The van der Waals surface area contributed by atoms with Crippen LogP contribution in [0, 0.1) is 5.82 Å². The van der Waals surface area contributed by atoms with Gasteiger partial charge in [-0.15, -0.1) is 0 Å². The summed E-state index contributed by atoms with van der Waals surface area (Å²) < 4.78 is 13.1. The van der Waals surface area contributed by atoms with Gasteiger partial charge in [-0.1, -0.05) is 12.1 Å². The predicted octanol–water partition coefficient (Wildman–Crippen LogP) is 2.29. The number of rotatable bonds is 6. The number of benzene rings is 1. The van der Waals surface area contributed by atoms with Crippen molar-refractivity contribution in [3.05, 3.63) is 35.6 Å². The Hall–Kier alpha value is -1.95. The highest BCUT2D eigenvalue weighted by Gasteiger charge is 2.34. The fourth-order valence-electron chi connectivity index (χ4n) is 3.45. The molecule has 25 heavy (non-hydrogen) atoms. The molecule has 1 aliphatic heterocycles. The van der Waals surface area contributed by atoms with E-state index < -0.39 is 0 Å². The Balaban J connectivity index is 2.06. The summed E-state index contributed by atoms with van der Waals surface area (Å²) in [6.45, 7) is 5.45. The predicted molar refractivity (Wildman–Crippen MR) is 95.5 cm³/mol. The van der Waals surface area contributed by atoms with E-state index in [1.165, 1.54) is 12.1 Å². The monoisotopic (exact) mass is 349 g/mol. The first kappa shape index (κ1) is 19.4. The number of likely N-dealkylation sites (tertiary alicyclic amines) is 1. The molecule has 2 rings (SSSR count). The van der Waals surface area contributed by atoms with Gasteiger partial charge >= 0.3 is 0 Å². The maximum Gasteiger partial charge on any atom is 0.239 e. The topological polar surface area (TPSA) is 43.9 Å². The van der Waals surface area contributed by atoms with Crippen molar-refractivity contribution in [2.75, 3.05) is 33.7 Å². The molecule has 0 spiro atoms. The minimum Gasteiger partial charge on any atom is -0.347 e. The van der Waals surface area contributed by atoms with Crippen LogP contribution in [0.5, 0.6) is 0 Å². The lowest BCUT2D eigenvalue weighted by atomic mass is 10.1. The largest absolute Gasteiger partial charge is 0.347 e. The van der Waals surface area contributed by atoms with Crippen molar-refractivity contribution in [2.45, 2.75) is 38.8 Å². The van der Waals surface area contributed by atoms with E-state index >= 15 is 0 Å². The summed E-state index contributed by atoms with van der Waals surface area (Å²) in [5, 5.41) is 0. The zero-order valence-electron chi connectivity index (χ0n) is 15.5. The molecule has 1 aromatic carbocycles. The summed E-state index contributed by atoms with van der Waals surface area (Å²) in [5.41, 5.74) is 0.902. The fourth-order valence-corrected chi connectivity index (χ4v) is 3.45. The van der Waals surface area contributed by atoms with Gasteiger partial charge in [-0.05, 0) is 50.9 Å². The molecule has 5 nitrogen and oxygen atoms in total. The first-order valence-corrected chi connectivity index (χ1v) is 8.85. The molecule has 1 saturated heterocycles. The van der Waals surface area contributed by atoms with Crippen LogP contribution in [0.25, 0.3) is 0 Å². The molecule has 0 saturated carbocycles. The lowest BCUT2D eigenvalue weighted by Crippen LogP contribution is -2.48. The van der Waals surface area contributed by atoms with Crippen LogP contribution < -0.4 is 0 Å². The van der Waals surface area contributed by atoms with Gasteiger partial charge < -0.3 is 9.80 Å². The summed E-state index contributed by atoms with van der Waals surface area (Å²) in [5.74, 6) is -0.231. The van der Waals surface area contributed by atoms with Crippen molar-refractivity contribution in [1.29, 1.82) is 0 Å². The minimum atomic E-state index is -0.285. The minimum absolute atomic E-state index is 0.00205. The molecule has 1 aliphatic rings. The van der Waals surface area contributed by atoms with Crippen LogP contribution in [0.3, 0.4) is 0 Å². The van der Waals surface area contributed by atoms with Crippen LogP contribution >= 0.6 is 0 Å². The Morgan fingerprint density at radius 3 is 2.48 bits per heavy atom. The van der Waals surface area contributed by atoms with E-state index in [1.54, 1.807) is 36.0 Å². The van der Waals surface area contributed by atoms with Gasteiger partial charge in [-0.3, -0.25) is 14.5 Å². The van der Waals surface area contributed by atoms with Gasteiger partial charge in [0, 0.05) is 20.6 Å². The summed E-state index contributed by atoms with van der Waals surface area (Å²) in [6.07, 6.45) is 1.72. The van der Waals surface area contributed by atoms with Crippen molar-refractivity contribution in [1.82, 2.24) is 14.7 Å². The lowest BCUT2D eigenvalue weighted by molar-refractivity contribution is -0.138. The van der Waals surface area contributed by atoms with Crippen molar-refractivity contribution in [3.63, 3.8) is 0 Å². The molecule has 2 unspecified atom stereocenters. The number of halogens is 1. The highest BCUT2D eigenvalue weighted by Crippen LogP contribution is 2.23. The van der Waals surface area contributed by atoms with Crippen molar-refractivity contribution < 1.29 is 14.0 Å². The maximum absolute atomic E-state index is 13.1. The van der Waals surface area contributed by atoms with Gasteiger partial charge in [-0.2, -0.15) is 0 Å². The van der Waals surface area contributed by atoms with Crippen molar-refractivity contribution in [3.8, 4) is 0 Å². The van der Waals surface area contributed by atoms with Gasteiger partial charge in [-0.25, -0.2) is 4.39 Å². The molecule has 1 heterocycles. The summed E-state index contributed by atoms with van der Waals surface area (Å²) in [6, 6.07) is 5.91. The highest BCUT2D eigenvalue weighted by molar-refractivity contribution is 5.84. The summed E-state index contributed by atoms with van der Waals surface area (Å²) >= 11 is 0. The third kappa shape index (κ3) is 4.57. The number of amides is 2. The Kier molecular flexibility index (Phi) is 6.53. The van der Waals surface area contributed by atoms with Gasteiger partial charge in [0.25, 0.3) is 0 Å². The number of hydrogen-bond donors (Lipinski definition) is 0. The number of carbonyl (C=O) groups is 2. The maximum atomic E-state index is 13.1. The van der Waals surface area contributed by atoms with Crippen molar-refractivity contribution >= 4 is 11.8 Å². The number of carbonyl (C=O) groups excluding carboxylic acids is 2. The molecule has 1 fully saturated rings. The van der Waals surface area contributed by atoms with E-state index in [0.717, 1.165) is 24.9 Å². The van der Waals surface area contributed by atoms with Crippen LogP contribution in [-0.4, -0.2) is 66.3 Å². The third-order valence-corrected chi connectivity index (χ3v) is 4.91. The van der Waals surface area contributed by atoms with Gasteiger partial charge in [0.1, 0.15) is 5.82 Å². The molecule has 6 heteroatoms. The number of nitrogens with zero attached hydrogens (tertiary/aromatic N) is 3. The Morgan fingerprint density at radius 1 is 1.28 bits per heavy atom. The first-order chi connectivity index (χ1) is 11.8. The number of likely N-dealkylation sites (N-methyl/N-ethyl adjacent to an activating group) is 2. The molecule has 1 aromatic rings. The van der Waals surface area contributed by atoms with Gasteiger partial charge in [0.05, 0.1) is 18.6 Å². The Bertz CT molecular complexity index is 603. The van der Waals surface area contributed by atoms with Crippen LogP contribution in [0.15, 0.2) is 24.3 Å². The first-order valence-electron chi connectivity index (χ1n) is 8.85. The van der Waals surface area contributed by atoms with Crippen LogP contribution in [-0.2, 0) is 9.59 Å². The van der Waals surface area contributed by atoms with Gasteiger partial charge in [0.15, 0.2) is 0 Å². The molecule has 0 aliphatic carbocycles. The van der Waals surface area contributed by atoms with Crippen LogP contribution in [0.2, 0.25) is 0 Å². The molecule has 0 aromatic heterocycles. The zero-order valence-corrected chi connectivity index (χ0v) is 15.5. The van der Waals surface area contributed by atoms with E-state index in [0.29, 0.717) is 6.54 Å². The second kappa shape index (κ2) is 8.43. The van der Waals surface area contributed by atoms with E-state index in [4.69, 9.17) is 0 Å². The van der Waals surface area contributed by atoms with E-state index in [-0.39, 0.29) is 36.3 Å². The van der Waals surface area contributed by atoms with E-state index in [9.17, 15) is 14.0 Å². The smallest absolute Gasteiger partial charge is 0.239 e. The highest BCUT2D eigenvalue weighted by atomic mass is 19.1. The molecule has 2 amide bonds.